The highest BCUT2D eigenvalue weighted by molar-refractivity contribution is 6.08. The Labute approximate surface area is 110 Å². The van der Waals surface area contributed by atoms with Gasteiger partial charge in [-0.05, 0) is 12.0 Å². The molecule has 2 rings (SSSR count). The maximum atomic E-state index is 12.4. The summed E-state index contributed by atoms with van der Waals surface area (Å²) in [7, 11) is 0. The number of imide groups is 1. The van der Waals surface area contributed by atoms with Crippen molar-refractivity contribution in [2.24, 2.45) is 0 Å². The highest BCUT2D eigenvalue weighted by Gasteiger charge is 2.51. The van der Waals surface area contributed by atoms with Gasteiger partial charge >= 0.3 is 12.0 Å². The summed E-state index contributed by atoms with van der Waals surface area (Å²) in [5.41, 5.74) is -0.503. The van der Waals surface area contributed by atoms with Crippen molar-refractivity contribution in [3.8, 4) is 0 Å². The minimum absolute atomic E-state index is 0.359. The summed E-state index contributed by atoms with van der Waals surface area (Å²) in [6.07, 6.45) is 0.359. The molecule has 0 spiro atoms. The predicted molar refractivity (Wildman–Crippen MR) is 66.3 cm³/mol. The van der Waals surface area contributed by atoms with Crippen LogP contribution < -0.4 is 5.32 Å². The number of amides is 3. The third kappa shape index (κ3) is 2.05. The molecule has 1 aliphatic rings. The second-order valence-electron chi connectivity index (χ2n) is 4.34. The Morgan fingerprint density at radius 3 is 2.47 bits per heavy atom. The molecule has 1 aromatic rings. The number of hydrogen-bond donors (Lipinski definition) is 2. The number of aliphatic carboxylic acids is 1. The van der Waals surface area contributed by atoms with Gasteiger partial charge in [0.15, 0.2) is 0 Å². The average Bonchev–Trinajstić information content (AvgIpc) is 2.64. The number of hydrogen-bond acceptors (Lipinski definition) is 3. The summed E-state index contributed by atoms with van der Waals surface area (Å²) in [6, 6.07) is 8.16. The van der Waals surface area contributed by atoms with Crippen molar-refractivity contribution in [2.45, 2.75) is 18.9 Å². The third-order valence-corrected chi connectivity index (χ3v) is 3.27. The van der Waals surface area contributed by atoms with Crippen molar-refractivity contribution in [1.29, 1.82) is 0 Å². The normalized spacial score (nSPS) is 22.5. The van der Waals surface area contributed by atoms with Gasteiger partial charge in [0.25, 0.3) is 5.91 Å². The highest BCUT2D eigenvalue weighted by Crippen LogP contribution is 2.31. The van der Waals surface area contributed by atoms with Crippen LogP contribution in [0.15, 0.2) is 30.3 Å². The Kier molecular flexibility index (Phi) is 3.25. The van der Waals surface area contributed by atoms with Crippen LogP contribution in [0.1, 0.15) is 18.9 Å². The topological polar surface area (TPSA) is 86.7 Å². The monoisotopic (exact) mass is 262 g/mol. The fraction of sp³-hybridized carbons (Fsp3) is 0.308. The highest BCUT2D eigenvalue weighted by atomic mass is 16.4. The zero-order valence-corrected chi connectivity index (χ0v) is 10.4. The molecule has 0 radical (unpaired) electrons. The molecule has 100 valence electrons. The first-order valence-corrected chi connectivity index (χ1v) is 5.92. The van der Waals surface area contributed by atoms with Crippen molar-refractivity contribution in [1.82, 2.24) is 10.2 Å². The van der Waals surface area contributed by atoms with E-state index in [-0.39, 0.29) is 0 Å². The minimum Gasteiger partial charge on any atom is -0.480 e. The molecule has 1 fully saturated rings. The minimum atomic E-state index is -1.22. The largest absolute Gasteiger partial charge is 0.480 e. The molecule has 1 saturated heterocycles. The van der Waals surface area contributed by atoms with E-state index in [1.165, 1.54) is 0 Å². The first kappa shape index (κ1) is 13.1. The smallest absolute Gasteiger partial charge is 0.325 e. The van der Waals surface area contributed by atoms with Crippen molar-refractivity contribution in [3.05, 3.63) is 35.9 Å². The van der Waals surface area contributed by atoms with E-state index in [4.69, 9.17) is 5.11 Å². The number of carboxylic acids is 1. The van der Waals surface area contributed by atoms with Gasteiger partial charge in [-0.25, -0.2) is 4.79 Å². The van der Waals surface area contributed by atoms with Crippen molar-refractivity contribution < 1.29 is 19.5 Å². The lowest BCUT2D eigenvalue weighted by molar-refractivity contribution is -0.143. The van der Waals surface area contributed by atoms with Crippen LogP contribution in [0.2, 0.25) is 0 Å². The first-order valence-electron chi connectivity index (χ1n) is 5.92. The van der Waals surface area contributed by atoms with Crippen molar-refractivity contribution in [2.75, 3.05) is 6.54 Å². The lowest BCUT2D eigenvalue weighted by Crippen LogP contribution is -2.43. The molecule has 6 nitrogen and oxygen atoms in total. The fourth-order valence-electron chi connectivity index (χ4n) is 2.27. The van der Waals surface area contributed by atoms with Crippen LogP contribution in [-0.4, -0.2) is 34.5 Å². The standard InChI is InChI=1S/C13H14N2O4/c1-2-13(9-6-4-3-5-7-9)11(18)15(8-10(16)17)12(19)14-13/h3-7H,2,8H2,1H3,(H,14,19)(H,16,17)/t13-/m0/s1. The number of nitrogens with zero attached hydrogens (tertiary/aromatic N) is 1. The molecular weight excluding hydrogens is 248 g/mol. The molecule has 0 aliphatic carbocycles. The Hall–Kier alpha value is -2.37. The zero-order chi connectivity index (χ0) is 14.0. The molecular formula is C13H14N2O4. The quantitative estimate of drug-likeness (QED) is 0.790. The van der Waals surface area contributed by atoms with Crippen LogP contribution in [0.25, 0.3) is 0 Å². The molecule has 6 heteroatoms. The van der Waals surface area contributed by atoms with Gasteiger partial charge in [-0.15, -0.1) is 0 Å². The van der Waals surface area contributed by atoms with E-state index in [9.17, 15) is 14.4 Å². The van der Waals surface area contributed by atoms with Gasteiger partial charge in [0.05, 0.1) is 0 Å². The van der Waals surface area contributed by atoms with Crippen LogP contribution in [-0.2, 0) is 15.1 Å². The van der Waals surface area contributed by atoms with Gasteiger partial charge in [-0.2, -0.15) is 0 Å². The predicted octanol–water partition coefficient (Wildman–Crippen LogP) is 0.928. The summed E-state index contributed by atoms with van der Waals surface area (Å²) in [4.78, 5) is 35.6. The summed E-state index contributed by atoms with van der Waals surface area (Å²) in [6.45, 7) is 1.15. The second-order valence-corrected chi connectivity index (χ2v) is 4.34. The Bertz CT molecular complexity index is 529. The van der Waals surface area contributed by atoms with E-state index in [1.807, 2.05) is 6.07 Å². The van der Waals surface area contributed by atoms with Crippen LogP contribution in [0.3, 0.4) is 0 Å². The summed E-state index contributed by atoms with van der Waals surface area (Å²) >= 11 is 0. The first-order chi connectivity index (χ1) is 9.01. The lowest BCUT2D eigenvalue weighted by Gasteiger charge is -2.25. The Balaban J connectivity index is 2.41. The number of benzene rings is 1. The summed E-state index contributed by atoms with van der Waals surface area (Å²) in [5, 5.41) is 11.4. The second kappa shape index (κ2) is 4.72. The number of urea groups is 1. The number of carboxylic acid groups (broad SMARTS) is 1. The molecule has 1 aliphatic heterocycles. The van der Waals surface area contributed by atoms with Gasteiger partial charge in [0, 0.05) is 0 Å². The van der Waals surface area contributed by atoms with E-state index in [0.29, 0.717) is 12.0 Å². The SMILES string of the molecule is CC[C@@]1(c2ccccc2)NC(=O)N(CC(=O)O)C1=O. The average molecular weight is 262 g/mol. The van der Waals surface area contributed by atoms with E-state index in [0.717, 1.165) is 4.90 Å². The van der Waals surface area contributed by atoms with Crippen LogP contribution in [0.4, 0.5) is 4.79 Å². The van der Waals surface area contributed by atoms with Gasteiger partial charge in [0.1, 0.15) is 12.1 Å². The van der Waals surface area contributed by atoms with Gasteiger partial charge < -0.3 is 10.4 Å². The molecule has 2 N–H and O–H groups in total. The third-order valence-electron chi connectivity index (χ3n) is 3.27. The van der Waals surface area contributed by atoms with E-state index in [1.54, 1.807) is 31.2 Å². The van der Waals surface area contributed by atoms with Crippen molar-refractivity contribution >= 4 is 17.9 Å². The number of carbonyl (C=O) groups is 3. The molecule has 0 bridgehead atoms. The Morgan fingerprint density at radius 1 is 1.32 bits per heavy atom. The zero-order valence-electron chi connectivity index (χ0n) is 10.4. The van der Waals surface area contributed by atoms with Gasteiger partial charge in [-0.3, -0.25) is 14.5 Å². The van der Waals surface area contributed by atoms with E-state index in [2.05, 4.69) is 5.32 Å². The number of rotatable bonds is 4. The van der Waals surface area contributed by atoms with Crippen LogP contribution in [0, 0.1) is 0 Å². The molecule has 1 aromatic carbocycles. The van der Waals surface area contributed by atoms with Crippen LogP contribution >= 0.6 is 0 Å². The molecule has 0 aromatic heterocycles. The van der Waals surface area contributed by atoms with E-state index < -0.39 is 30.0 Å². The van der Waals surface area contributed by atoms with E-state index >= 15 is 0 Å². The molecule has 19 heavy (non-hydrogen) atoms. The van der Waals surface area contributed by atoms with Crippen molar-refractivity contribution in [3.63, 3.8) is 0 Å². The summed E-state index contributed by atoms with van der Waals surface area (Å²) in [5.74, 6) is -1.74. The number of nitrogens with one attached hydrogen (secondary N) is 1. The van der Waals surface area contributed by atoms with Gasteiger partial charge in [-0.1, -0.05) is 37.3 Å². The lowest BCUT2D eigenvalue weighted by atomic mass is 9.87. The fourth-order valence-corrected chi connectivity index (χ4v) is 2.27. The molecule has 1 heterocycles. The maximum absolute atomic E-state index is 12.4. The molecule has 0 unspecified atom stereocenters. The maximum Gasteiger partial charge on any atom is 0.325 e. The molecule has 3 amide bonds. The molecule has 0 saturated carbocycles. The Morgan fingerprint density at radius 2 is 1.95 bits per heavy atom. The molecule has 1 atom stereocenters. The van der Waals surface area contributed by atoms with Crippen LogP contribution in [0.5, 0.6) is 0 Å². The number of carbonyl (C=O) groups excluding carboxylic acids is 2. The summed E-state index contributed by atoms with van der Waals surface area (Å²) < 4.78 is 0. The van der Waals surface area contributed by atoms with Gasteiger partial charge in [0.2, 0.25) is 0 Å².